The minimum atomic E-state index is -0.236. The van der Waals surface area contributed by atoms with Gasteiger partial charge in [0.2, 0.25) is 0 Å². The van der Waals surface area contributed by atoms with Crippen molar-refractivity contribution >= 4 is 12.6 Å². The predicted octanol–water partition coefficient (Wildman–Crippen LogP) is 2.87. The average Bonchev–Trinajstić information content (AvgIpc) is 2.15. The first kappa shape index (κ1) is 11.2. The van der Waals surface area contributed by atoms with E-state index in [1.165, 1.54) is 0 Å². The monoisotopic (exact) mass is 212 g/mol. The lowest BCUT2D eigenvalue weighted by Gasteiger charge is -2.21. The summed E-state index contributed by atoms with van der Waals surface area (Å²) >= 11 is 4.52. The molecule has 1 aromatic rings. The molecule has 3 heteroatoms. The van der Waals surface area contributed by atoms with E-state index in [-0.39, 0.29) is 4.75 Å². The SMILES string of the molecule is COc1ccc(OC)c(C(C)(C)S)c1. The van der Waals surface area contributed by atoms with Crippen molar-refractivity contribution in [2.45, 2.75) is 18.6 Å². The molecule has 0 spiro atoms. The molecule has 0 fully saturated rings. The third-order valence-electron chi connectivity index (χ3n) is 2.07. The molecule has 0 aliphatic heterocycles. The summed E-state index contributed by atoms with van der Waals surface area (Å²) in [6, 6.07) is 5.72. The van der Waals surface area contributed by atoms with Gasteiger partial charge in [0.1, 0.15) is 11.5 Å². The van der Waals surface area contributed by atoms with Crippen LogP contribution in [0.1, 0.15) is 19.4 Å². The van der Waals surface area contributed by atoms with Crippen LogP contribution in [0.25, 0.3) is 0 Å². The molecule has 0 unspecified atom stereocenters. The number of hydrogen-bond acceptors (Lipinski definition) is 3. The van der Waals surface area contributed by atoms with Gasteiger partial charge in [-0.3, -0.25) is 0 Å². The lowest BCUT2D eigenvalue weighted by molar-refractivity contribution is 0.395. The molecule has 0 saturated carbocycles. The van der Waals surface area contributed by atoms with Gasteiger partial charge in [0.05, 0.1) is 14.2 Å². The van der Waals surface area contributed by atoms with Gasteiger partial charge in [0, 0.05) is 10.3 Å². The van der Waals surface area contributed by atoms with E-state index >= 15 is 0 Å². The normalized spacial score (nSPS) is 11.2. The van der Waals surface area contributed by atoms with Crippen LogP contribution in [-0.2, 0) is 4.75 Å². The Kier molecular flexibility index (Phi) is 3.32. The number of hydrogen-bond donors (Lipinski definition) is 1. The molecule has 0 radical (unpaired) electrons. The van der Waals surface area contributed by atoms with Crippen molar-refractivity contribution in [1.29, 1.82) is 0 Å². The zero-order valence-corrected chi connectivity index (χ0v) is 9.89. The Morgan fingerprint density at radius 3 is 2.21 bits per heavy atom. The number of rotatable bonds is 3. The molecule has 0 heterocycles. The average molecular weight is 212 g/mol. The third-order valence-corrected chi connectivity index (χ3v) is 2.31. The number of methoxy groups -OCH3 is 2. The summed E-state index contributed by atoms with van der Waals surface area (Å²) in [5.74, 6) is 1.66. The molecule has 0 aliphatic rings. The Hall–Kier alpha value is -0.830. The van der Waals surface area contributed by atoms with Crippen molar-refractivity contribution in [3.05, 3.63) is 23.8 Å². The summed E-state index contributed by atoms with van der Waals surface area (Å²) < 4.78 is 10.2. The van der Waals surface area contributed by atoms with E-state index in [4.69, 9.17) is 9.47 Å². The van der Waals surface area contributed by atoms with Crippen molar-refractivity contribution in [1.82, 2.24) is 0 Å². The summed E-state index contributed by atoms with van der Waals surface area (Å²) in [6.07, 6.45) is 0. The van der Waals surface area contributed by atoms with Crippen LogP contribution in [0.2, 0.25) is 0 Å². The molecular formula is C11H16O2S. The molecule has 1 aromatic carbocycles. The molecule has 0 N–H and O–H groups in total. The van der Waals surface area contributed by atoms with Crippen LogP contribution < -0.4 is 9.47 Å². The van der Waals surface area contributed by atoms with Gasteiger partial charge in [-0.2, -0.15) is 12.6 Å². The predicted molar refractivity (Wildman–Crippen MR) is 61.6 cm³/mol. The van der Waals surface area contributed by atoms with Crippen LogP contribution in [0.15, 0.2) is 18.2 Å². The second kappa shape index (κ2) is 4.13. The molecule has 78 valence electrons. The van der Waals surface area contributed by atoms with Crippen molar-refractivity contribution in [2.24, 2.45) is 0 Å². The molecule has 0 saturated heterocycles. The van der Waals surface area contributed by atoms with Gasteiger partial charge < -0.3 is 9.47 Å². The first-order valence-corrected chi connectivity index (χ1v) is 4.88. The minimum absolute atomic E-state index is 0.236. The van der Waals surface area contributed by atoms with Crippen molar-refractivity contribution < 1.29 is 9.47 Å². The molecule has 0 bridgehead atoms. The maximum Gasteiger partial charge on any atom is 0.123 e. The Morgan fingerprint density at radius 1 is 1.14 bits per heavy atom. The number of ether oxygens (including phenoxy) is 2. The van der Waals surface area contributed by atoms with Crippen molar-refractivity contribution in [3.8, 4) is 11.5 Å². The molecule has 0 amide bonds. The Bertz CT molecular complexity index is 316. The largest absolute Gasteiger partial charge is 0.497 e. The fraction of sp³-hybridized carbons (Fsp3) is 0.455. The van der Waals surface area contributed by atoms with Gasteiger partial charge in [0.25, 0.3) is 0 Å². The second-order valence-corrected chi connectivity index (χ2v) is 4.74. The van der Waals surface area contributed by atoms with E-state index in [1.807, 2.05) is 32.0 Å². The highest BCUT2D eigenvalue weighted by Gasteiger charge is 2.20. The summed E-state index contributed by atoms with van der Waals surface area (Å²) in [7, 11) is 3.31. The topological polar surface area (TPSA) is 18.5 Å². The quantitative estimate of drug-likeness (QED) is 0.777. The van der Waals surface area contributed by atoms with Crippen LogP contribution in [0.4, 0.5) is 0 Å². The second-order valence-electron chi connectivity index (χ2n) is 3.63. The molecule has 0 aromatic heterocycles. The number of thiol groups is 1. The van der Waals surface area contributed by atoms with Crippen molar-refractivity contribution in [2.75, 3.05) is 14.2 Å². The van der Waals surface area contributed by atoms with E-state index < -0.39 is 0 Å². The molecule has 14 heavy (non-hydrogen) atoms. The fourth-order valence-electron chi connectivity index (χ4n) is 1.29. The van der Waals surface area contributed by atoms with Crippen molar-refractivity contribution in [3.63, 3.8) is 0 Å². The van der Waals surface area contributed by atoms with E-state index in [1.54, 1.807) is 14.2 Å². The van der Waals surface area contributed by atoms with Gasteiger partial charge in [-0.15, -0.1) is 0 Å². The minimum Gasteiger partial charge on any atom is -0.497 e. The number of benzene rings is 1. The summed E-state index contributed by atoms with van der Waals surface area (Å²) in [4.78, 5) is 0. The van der Waals surface area contributed by atoms with E-state index in [0.29, 0.717) is 0 Å². The first-order chi connectivity index (χ1) is 6.49. The highest BCUT2D eigenvalue weighted by molar-refractivity contribution is 7.81. The smallest absolute Gasteiger partial charge is 0.123 e. The lowest BCUT2D eigenvalue weighted by Crippen LogP contribution is -2.09. The maximum atomic E-state index is 5.27. The Morgan fingerprint density at radius 2 is 1.79 bits per heavy atom. The third kappa shape index (κ3) is 2.35. The summed E-state index contributed by atoms with van der Waals surface area (Å²) in [5, 5.41) is 0. The van der Waals surface area contributed by atoms with E-state index in [0.717, 1.165) is 17.1 Å². The molecule has 0 atom stereocenters. The molecular weight excluding hydrogens is 196 g/mol. The van der Waals surface area contributed by atoms with Crippen LogP contribution in [0.3, 0.4) is 0 Å². The first-order valence-electron chi connectivity index (χ1n) is 4.44. The summed E-state index contributed by atoms with van der Waals surface area (Å²) in [6.45, 7) is 4.04. The van der Waals surface area contributed by atoms with Gasteiger partial charge in [-0.05, 0) is 32.0 Å². The zero-order chi connectivity index (χ0) is 10.8. The van der Waals surface area contributed by atoms with E-state index in [9.17, 15) is 0 Å². The molecule has 2 nitrogen and oxygen atoms in total. The van der Waals surface area contributed by atoms with Crippen LogP contribution in [-0.4, -0.2) is 14.2 Å². The van der Waals surface area contributed by atoms with Gasteiger partial charge >= 0.3 is 0 Å². The highest BCUT2D eigenvalue weighted by Crippen LogP contribution is 2.36. The lowest BCUT2D eigenvalue weighted by atomic mass is 10.0. The molecule has 0 aliphatic carbocycles. The highest BCUT2D eigenvalue weighted by atomic mass is 32.1. The van der Waals surface area contributed by atoms with Gasteiger partial charge in [-0.1, -0.05) is 0 Å². The Labute approximate surface area is 90.6 Å². The van der Waals surface area contributed by atoms with Gasteiger partial charge in [0.15, 0.2) is 0 Å². The summed E-state index contributed by atoms with van der Waals surface area (Å²) in [5.41, 5.74) is 1.03. The maximum absolute atomic E-state index is 5.27. The van der Waals surface area contributed by atoms with Crippen LogP contribution in [0.5, 0.6) is 11.5 Å². The Balaban J connectivity index is 3.22. The fourth-order valence-corrected chi connectivity index (χ4v) is 1.47. The van der Waals surface area contributed by atoms with Crippen LogP contribution in [0, 0.1) is 0 Å². The standard InChI is InChI=1S/C11H16O2S/c1-11(2,14)9-7-8(12-3)5-6-10(9)13-4/h5-7,14H,1-4H3. The van der Waals surface area contributed by atoms with Crippen LogP contribution >= 0.6 is 12.6 Å². The van der Waals surface area contributed by atoms with Gasteiger partial charge in [-0.25, -0.2) is 0 Å². The zero-order valence-electron chi connectivity index (χ0n) is 9.00. The molecule has 1 rings (SSSR count). The van der Waals surface area contributed by atoms with E-state index in [2.05, 4.69) is 12.6 Å².